The Morgan fingerprint density at radius 2 is 1.95 bits per heavy atom. The largest absolute Gasteiger partial charge is 0.378 e. The molecule has 0 spiro atoms. The number of nitrogens with one attached hydrogen (secondary N) is 2. The van der Waals surface area contributed by atoms with E-state index in [1.54, 1.807) is 12.1 Å². The molecule has 1 aromatic rings. The molecule has 0 bridgehead atoms. The van der Waals surface area contributed by atoms with Crippen LogP contribution in [0.25, 0.3) is 0 Å². The van der Waals surface area contributed by atoms with Crippen LogP contribution >= 0.6 is 0 Å². The fourth-order valence-electron chi connectivity index (χ4n) is 1.77. The van der Waals surface area contributed by atoms with Gasteiger partial charge in [0.1, 0.15) is 4.90 Å². The van der Waals surface area contributed by atoms with Crippen molar-refractivity contribution in [2.45, 2.75) is 24.8 Å². The molecule has 1 aromatic carbocycles. The lowest BCUT2D eigenvalue weighted by molar-refractivity contribution is 0.591. The molecule has 2 N–H and O–H groups in total. The van der Waals surface area contributed by atoms with Crippen molar-refractivity contribution in [2.24, 2.45) is 4.99 Å². The Morgan fingerprint density at radius 3 is 2.53 bits per heavy atom. The molecule has 0 saturated heterocycles. The number of hydrogen-bond donors (Lipinski definition) is 2. The van der Waals surface area contributed by atoms with Crippen molar-refractivity contribution in [3.05, 3.63) is 18.2 Å². The van der Waals surface area contributed by atoms with Crippen molar-refractivity contribution in [3.63, 3.8) is 0 Å². The topological polar surface area (TPSA) is 73.8 Å². The Balaban J connectivity index is 2.50. The van der Waals surface area contributed by atoms with Crippen molar-refractivity contribution in [1.29, 1.82) is 0 Å². The van der Waals surface area contributed by atoms with Gasteiger partial charge in [-0.05, 0) is 32.0 Å². The second-order valence-corrected chi connectivity index (χ2v) is 6.53. The van der Waals surface area contributed by atoms with Gasteiger partial charge >= 0.3 is 0 Å². The molecule has 6 nitrogen and oxygen atoms in total. The van der Waals surface area contributed by atoms with E-state index >= 15 is 0 Å². The number of aliphatic imine (C=N–C) groups is 1. The zero-order valence-corrected chi connectivity index (χ0v) is 12.2. The number of nitrogens with zero attached hydrogens (tertiary/aromatic N) is 2. The van der Waals surface area contributed by atoms with Gasteiger partial charge in [0.15, 0.2) is 0 Å². The summed E-state index contributed by atoms with van der Waals surface area (Å²) >= 11 is 0. The summed E-state index contributed by atoms with van der Waals surface area (Å²) in [5.41, 5.74) is 1.37. The lowest BCUT2D eigenvalue weighted by Crippen LogP contribution is -2.41. The minimum absolute atomic E-state index is 0.00722. The molecule has 19 heavy (non-hydrogen) atoms. The van der Waals surface area contributed by atoms with Gasteiger partial charge in [-0.3, -0.25) is 0 Å². The molecule has 0 radical (unpaired) electrons. The molecule has 0 aliphatic carbocycles. The van der Waals surface area contributed by atoms with Crippen LogP contribution in [0.1, 0.15) is 13.8 Å². The number of anilines is 2. The highest BCUT2D eigenvalue weighted by Gasteiger charge is 2.27. The summed E-state index contributed by atoms with van der Waals surface area (Å²) in [6.07, 6.45) is 0. The van der Waals surface area contributed by atoms with Crippen LogP contribution in [0, 0.1) is 0 Å². The maximum atomic E-state index is 12.2. The molecule has 0 unspecified atom stereocenters. The summed E-state index contributed by atoms with van der Waals surface area (Å²) < 4.78 is 26.8. The third-order valence-corrected chi connectivity index (χ3v) is 4.02. The molecule has 0 atom stereocenters. The Morgan fingerprint density at radius 1 is 1.26 bits per heavy atom. The minimum Gasteiger partial charge on any atom is -0.378 e. The van der Waals surface area contributed by atoms with Crippen molar-refractivity contribution >= 4 is 27.4 Å². The molecule has 0 amide bonds. The van der Waals surface area contributed by atoms with Gasteiger partial charge in [0.05, 0.1) is 5.69 Å². The molecule has 1 aliphatic rings. The van der Waals surface area contributed by atoms with E-state index in [2.05, 4.69) is 15.0 Å². The summed E-state index contributed by atoms with van der Waals surface area (Å²) in [5, 5.41) is 2.99. The van der Waals surface area contributed by atoms with Crippen LogP contribution < -0.4 is 14.9 Å². The van der Waals surface area contributed by atoms with Gasteiger partial charge in [0, 0.05) is 25.8 Å². The number of fused-ring (bicyclic) bond motifs is 1. The van der Waals surface area contributed by atoms with Gasteiger partial charge in [-0.1, -0.05) is 0 Å². The highest BCUT2D eigenvalue weighted by molar-refractivity contribution is 7.90. The van der Waals surface area contributed by atoms with Crippen molar-refractivity contribution < 1.29 is 8.42 Å². The highest BCUT2D eigenvalue weighted by Crippen LogP contribution is 2.28. The Bertz CT molecular complexity index is 621. The third kappa shape index (κ3) is 2.81. The standard InChI is InChI=1S/C12H18N4O2S/c1-8(2)13-12-14-10-6-5-9(16(3)4)7-11(10)19(17,18)15-12/h5-8H,1-4H3,(H2,13,14,15). The number of sulfonamides is 1. The average Bonchev–Trinajstić information content (AvgIpc) is 2.26. The fourth-order valence-corrected chi connectivity index (χ4v) is 2.92. The number of rotatable bonds is 2. The molecule has 2 rings (SSSR count). The monoisotopic (exact) mass is 282 g/mol. The second-order valence-electron chi connectivity index (χ2n) is 4.88. The lowest BCUT2D eigenvalue weighted by Gasteiger charge is -2.23. The summed E-state index contributed by atoms with van der Waals surface area (Å²) in [7, 11) is 0.167. The molecular formula is C12H18N4O2S. The summed E-state index contributed by atoms with van der Waals surface area (Å²) in [4.78, 5) is 6.29. The van der Waals surface area contributed by atoms with E-state index in [0.717, 1.165) is 5.69 Å². The first kappa shape index (κ1) is 13.7. The summed E-state index contributed by atoms with van der Waals surface area (Å²) in [6, 6.07) is 5.25. The van der Waals surface area contributed by atoms with Crippen molar-refractivity contribution in [3.8, 4) is 0 Å². The van der Waals surface area contributed by atoms with E-state index in [9.17, 15) is 8.42 Å². The molecule has 1 heterocycles. The van der Waals surface area contributed by atoms with E-state index < -0.39 is 10.0 Å². The summed E-state index contributed by atoms with van der Waals surface area (Å²) in [5.74, 6) is 0.264. The number of benzene rings is 1. The lowest BCUT2D eigenvalue weighted by atomic mass is 10.2. The van der Waals surface area contributed by atoms with E-state index in [1.807, 2.05) is 38.9 Å². The number of hydrogen-bond acceptors (Lipinski definition) is 4. The predicted molar refractivity (Wildman–Crippen MR) is 77.3 cm³/mol. The molecule has 1 aliphatic heterocycles. The van der Waals surface area contributed by atoms with Gasteiger partial charge in [-0.2, -0.15) is 0 Å². The fraction of sp³-hybridized carbons (Fsp3) is 0.417. The van der Waals surface area contributed by atoms with Crippen LogP contribution in [0.5, 0.6) is 0 Å². The molecule has 7 heteroatoms. The summed E-state index contributed by atoms with van der Waals surface area (Å²) in [6.45, 7) is 3.77. The van der Waals surface area contributed by atoms with Gasteiger partial charge in [-0.15, -0.1) is 0 Å². The maximum Gasteiger partial charge on any atom is 0.266 e. The first-order chi connectivity index (χ1) is 8.79. The van der Waals surface area contributed by atoms with E-state index in [1.165, 1.54) is 0 Å². The predicted octanol–water partition coefficient (Wildman–Crippen LogP) is 1.22. The normalized spacial score (nSPS) is 18.7. The van der Waals surface area contributed by atoms with Crippen molar-refractivity contribution in [2.75, 3.05) is 24.3 Å². The van der Waals surface area contributed by atoms with Crippen LogP contribution in [0.3, 0.4) is 0 Å². The van der Waals surface area contributed by atoms with Crippen LogP contribution in [0.2, 0.25) is 0 Å². The zero-order valence-electron chi connectivity index (χ0n) is 11.4. The van der Waals surface area contributed by atoms with Gasteiger partial charge in [0.2, 0.25) is 5.96 Å². The van der Waals surface area contributed by atoms with Crippen LogP contribution in [0.4, 0.5) is 11.4 Å². The molecule has 0 aromatic heterocycles. The smallest absolute Gasteiger partial charge is 0.266 e. The molecule has 0 fully saturated rings. The number of guanidine groups is 1. The van der Waals surface area contributed by atoms with Gasteiger partial charge in [0.25, 0.3) is 10.0 Å². The Labute approximate surface area is 113 Å². The van der Waals surface area contributed by atoms with E-state index in [4.69, 9.17) is 0 Å². The minimum atomic E-state index is -3.56. The highest BCUT2D eigenvalue weighted by atomic mass is 32.2. The van der Waals surface area contributed by atoms with Gasteiger partial charge in [-0.25, -0.2) is 18.1 Å². The molecule has 104 valence electrons. The zero-order chi connectivity index (χ0) is 14.2. The Kier molecular flexibility index (Phi) is 3.40. The van der Waals surface area contributed by atoms with Crippen molar-refractivity contribution in [1.82, 2.24) is 4.72 Å². The van der Waals surface area contributed by atoms with Crippen LogP contribution in [0.15, 0.2) is 28.1 Å². The quantitative estimate of drug-likeness (QED) is 0.855. The first-order valence-corrected chi connectivity index (χ1v) is 7.47. The SMILES string of the molecule is CC(C)N=C1Nc2ccc(N(C)C)cc2S(=O)(=O)N1. The first-order valence-electron chi connectivity index (χ1n) is 5.98. The second kappa shape index (κ2) is 4.73. The molecular weight excluding hydrogens is 264 g/mol. The molecule has 0 saturated carbocycles. The van der Waals surface area contributed by atoms with Crippen LogP contribution in [-0.2, 0) is 10.0 Å². The van der Waals surface area contributed by atoms with E-state index in [0.29, 0.717) is 5.69 Å². The van der Waals surface area contributed by atoms with E-state index in [-0.39, 0.29) is 16.9 Å². The van der Waals surface area contributed by atoms with Crippen LogP contribution in [-0.4, -0.2) is 34.5 Å². The third-order valence-electron chi connectivity index (χ3n) is 2.64. The average molecular weight is 282 g/mol. The van der Waals surface area contributed by atoms with Gasteiger partial charge < -0.3 is 10.2 Å². The Hall–Kier alpha value is -1.76. The maximum absolute atomic E-state index is 12.2.